The number of halogens is 3. The van der Waals surface area contributed by atoms with E-state index in [0.29, 0.717) is 16.5 Å². The van der Waals surface area contributed by atoms with Gasteiger partial charge in [-0.05, 0) is 29.8 Å². The van der Waals surface area contributed by atoms with Gasteiger partial charge in [0.05, 0.1) is 6.20 Å². The first kappa shape index (κ1) is 12.1. The quantitative estimate of drug-likeness (QED) is 0.781. The standard InChI is InChI=1S/C11H8Cl2FN3/c1-17(8-4-2-3-7(14)5-8)10-9(12)6-15-11(13)16-10/h2-6H,1H3. The van der Waals surface area contributed by atoms with Gasteiger partial charge >= 0.3 is 0 Å². The summed E-state index contributed by atoms with van der Waals surface area (Å²) in [6, 6.07) is 6.10. The lowest BCUT2D eigenvalue weighted by atomic mass is 10.3. The fourth-order valence-electron chi connectivity index (χ4n) is 1.38. The number of nitrogens with zero attached hydrogens (tertiary/aromatic N) is 3. The van der Waals surface area contributed by atoms with Gasteiger partial charge in [-0.2, -0.15) is 4.98 Å². The Morgan fingerprint density at radius 3 is 2.76 bits per heavy atom. The van der Waals surface area contributed by atoms with Gasteiger partial charge in [0.2, 0.25) is 5.28 Å². The van der Waals surface area contributed by atoms with Crippen molar-refractivity contribution in [1.29, 1.82) is 0 Å². The summed E-state index contributed by atoms with van der Waals surface area (Å²) in [5.74, 6) is 0.0999. The Morgan fingerprint density at radius 2 is 2.06 bits per heavy atom. The number of anilines is 2. The average molecular weight is 272 g/mol. The van der Waals surface area contributed by atoms with Crippen molar-refractivity contribution in [2.24, 2.45) is 0 Å². The molecule has 1 heterocycles. The van der Waals surface area contributed by atoms with Gasteiger partial charge in [-0.15, -0.1) is 0 Å². The first-order chi connectivity index (χ1) is 8.08. The van der Waals surface area contributed by atoms with Crippen molar-refractivity contribution in [2.75, 3.05) is 11.9 Å². The van der Waals surface area contributed by atoms with E-state index in [2.05, 4.69) is 9.97 Å². The molecule has 6 heteroatoms. The summed E-state index contributed by atoms with van der Waals surface area (Å²) >= 11 is 11.7. The number of rotatable bonds is 2. The Bertz CT molecular complexity index is 548. The topological polar surface area (TPSA) is 29.0 Å². The zero-order valence-electron chi connectivity index (χ0n) is 8.86. The minimum Gasteiger partial charge on any atom is -0.328 e. The van der Waals surface area contributed by atoms with Crippen LogP contribution in [0.1, 0.15) is 0 Å². The third kappa shape index (κ3) is 2.65. The summed E-state index contributed by atoms with van der Waals surface area (Å²) in [7, 11) is 1.72. The van der Waals surface area contributed by atoms with Gasteiger partial charge in [-0.25, -0.2) is 9.37 Å². The number of hydrogen-bond acceptors (Lipinski definition) is 3. The molecule has 0 fully saturated rings. The van der Waals surface area contributed by atoms with E-state index in [-0.39, 0.29) is 11.1 Å². The normalized spacial score (nSPS) is 10.4. The van der Waals surface area contributed by atoms with Crippen molar-refractivity contribution < 1.29 is 4.39 Å². The fraction of sp³-hybridized carbons (Fsp3) is 0.0909. The zero-order valence-corrected chi connectivity index (χ0v) is 10.4. The van der Waals surface area contributed by atoms with Crippen LogP contribution in [0.25, 0.3) is 0 Å². The molecular formula is C11H8Cl2FN3. The lowest BCUT2D eigenvalue weighted by molar-refractivity contribution is 0.628. The second-order valence-electron chi connectivity index (χ2n) is 3.35. The molecular weight excluding hydrogens is 264 g/mol. The summed E-state index contributed by atoms with van der Waals surface area (Å²) < 4.78 is 13.1. The summed E-state index contributed by atoms with van der Waals surface area (Å²) in [5.41, 5.74) is 0.627. The van der Waals surface area contributed by atoms with Gasteiger partial charge in [0.15, 0.2) is 5.82 Å². The van der Waals surface area contributed by atoms with Crippen molar-refractivity contribution >= 4 is 34.7 Å². The van der Waals surface area contributed by atoms with Crippen molar-refractivity contribution in [3.8, 4) is 0 Å². The van der Waals surface area contributed by atoms with Gasteiger partial charge in [0.25, 0.3) is 0 Å². The van der Waals surface area contributed by atoms with Crippen molar-refractivity contribution in [1.82, 2.24) is 9.97 Å². The van der Waals surface area contributed by atoms with Gasteiger partial charge in [-0.3, -0.25) is 0 Å². The average Bonchev–Trinajstić information content (AvgIpc) is 2.31. The molecule has 0 bridgehead atoms. The predicted octanol–water partition coefficient (Wildman–Crippen LogP) is 3.69. The molecule has 0 unspecified atom stereocenters. The third-order valence-electron chi connectivity index (χ3n) is 2.21. The summed E-state index contributed by atoms with van der Waals surface area (Å²) in [6.45, 7) is 0. The largest absolute Gasteiger partial charge is 0.328 e. The van der Waals surface area contributed by atoms with E-state index in [9.17, 15) is 4.39 Å². The van der Waals surface area contributed by atoms with Crippen LogP contribution in [-0.2, 0) is 0 Å². The van der Waals surface area contributed by atoms with Gasteiger partial charge in [0.1, 0.15) is 10.8 Å². The monoisotopic (exact) mass is 271 g/mol. The van der Waals surface area contributed by atoms with Crippen LogP contribution in [0.4, 0.5) is 15.9 Å². The van der Waals surface area contributed by atoms with E-state index in [1.807, 2.05) is 0 Å². The molecule has 0 saturated heterocycles. The Morgan fingerprint density at radius 1 is 1.29 bits per heavy atom. The van der Waals surface area contributed by atoms with Crippen LogP contribution in [0.5, 0.6) is 0 Å². The summed E-state index contributed by atoms with van der Waals surface area (Å²) in [4.78, 5) is 9.40. The molecule has 0 saturated carbocycles. The maximum Gasteiger partial charge on any atom is 0.224 e. The molecule has 3 nitrogen and oxygen atoms in total. The van der Waals surface area contributed by atoms with E-state index >= 15 is 0 Å². The predicted molar refractivity (Wildman–Crippen MR) is 66.5 cm³/mol. The second-order valence-corrected chi connectivity index (χ2v) is 4.09. The van der Waals surface area contributed by atoms with Crippen LogP contribution in [0.15, 0.2) is 30.5 Å². The van der Waals surface area contributed by atoms with Crippen molar-refractivity contribution in [3.05, 3.63) is 46.6 Å². The highest BCUT2D eigenvalue weighted by molar-refractivity contribution is 6.33. The molecule has 0 aliphatic carbocycles. The minimum absolute atomic E-state index is 0.0904. The lowest BCUT2D eigenvalue weighted by Crippen LogP contribution is -2.12. The highest BCUT2D eigenvalue weighted by Crippen LogP contribution is 2.28. The molecule has 1 aromatic heterocycles. The van der Waals surface area contributed by atoms with Gasteiger partial charge in [0, 0.05) is 12.7 Å². The molecule has 17 heavy (non-hydrogen) atoms. The molecule has 0 N–H and O–H groups in total. The Kier molecular flexibility index (Phi) is 3.45. The molecule has 1 aromatic carbocycles. The molecule has 0 amide bonds. The van der Waals surface area contributed by atoms with Crippen molar-refractivity contribution in [3.63, 3.8) is 0 Å². The molecule has 0 radical (unpaired) electrons. The van der Waals surface area contributed by atoms with E-state index < -0.39 is 0 Å². The highest BCUT2D eigenvalue weighted by atomic mass is 35.5. The van der Waals surface area contributed by atoms with E-state index in [1.165, 1.54) is 18.3 Å². The Balaban J connectivity index is 2.43. The van der Waals surface area contributed by atoms with Crippen LogP contribution in [-0.4, -0.2) is 17.0 Å². The number of hydrogen-bond donors (Lipinski definition) is 0. The van der Waals surface area contributed by atoms with E-state index in [1.54, 1.807) is 24.1 Å². The van der Waals surface area contributed by atoms with Crippen molar-refractivity contribution in [2.45, 2.75) is 0 Å². The van der Waals surface area contributed by atoms with Gasteiger partial charge < -0.3 is 4.90 Å². The number of aromatic nitrogens is 2. The summed E-state index contributed by atoms with van der Waals surface area (Å²) in [5, 5.41) is 0.439. The van der Waals surface area contributed by atoms with Crippen LogP contribution < -0.4 is 4.90 Å². The fourth-order valence-corrected chi connectivity index (χ4v) is 1.73. The Hall–Kier alpha value is -1.39. The number of benzene rings is 1. The molecule has 0 aliphatic rings. The van der Waals surface area contributed by atoms with Crippen LogP contribution >= 0.6 is 23.2 Å². The maximum absolute atomic E-state index is 13.1. The maximum atomic E-state index is 13.1. The van der Waals surface area contributed by atoms with Crippen LogP contribution in [0.3, 0.4) is 0 Å². The molecule has 88 valence electrons. The first-order valence-electron chi connectivity index (χ1n) is 4.75. The molecule has 2 aromatic rings. The molecule has 2 rings (SSSR count). The highest BCUT2D eigenvalue weighted by Gasteiger charge is 2.11. The minimum atomic E-state index is -0.328. The Labute approximate surface area is 108 Å². The first-order valence-corrected chi connectivity index (χ1v) is 5.51. The van der Waals surface area contributed by atoms with Crippen LogP contribution in [0.2, 0.25) is 10.3 Å². The smallest absolute Gasteiger partial charge is 0.224 e. The van der Waals surface area contributed by atoms with E-state index in [0.717, 1.165) is 0 Å². The van der Waals surface area contributed by atoms with Crippen LogP contribution in [0, 0.1) is 5.82 Å². The second kappa shape index (κ2) is 4.85. The summed E-state index contributed by atoms with van der Waals surface area (Å²) in [6.07, 6.45) is 1.40. The molecule has 0 aliphatic heterocycles. The van der Waals surface area contributed by atoms with E-state index in [4.69, 9.17) is 23.2 Å². The zero-order chi connectivity index (χ0) is 12.4. The van der Waals surface area contributed by atoms with Gasteiger partial charge in [-0.1, -0.05) is 17.7 Å². The lowest BCUT2D eigenvalue weighted by Gasteiger charge is -2.19. The molecule has 0 spiro atoms. The SMILES string of the molecule is CN(c1cccc(F)c1)c1nc(Cl)ncc1Cl. The molecule has 0 atom stereocenters. The third-order valence-corrected chi connectivity index (χ3v) is 2.66.